The second-order valence-electron chi connectivity index (χ2n) is 7.14. The molecular formula is C20H27NO. The predicted octanol–water partition coefficient (Wildman–Crippen LogP) is 4.70. The van der Waals surface area contributed by atoms with Crippen molar-refractivity contribution in [2.24, 2.45) is 7.05 Å². The number of rotatable bonds is 6. The van der Waals surface area contributed by atoms with Crippen LogP contribution in [0.15, 0.2) is 18.3 Å². The van der Waals surface area contributed by atoms with Crippen molar-refractivity contribution in [2.45, 2.75) is 64.2 Å². The van der Waals surface area contributed by atoms with E-state index in [1.165, 1.54) is 59.7 Å². The van der Waals surface area contributed by atoms with Crippen molar-refractivity contribution < 1.29 is 4.79 Å². The number of unbranched alkanes of at least 4 members (excludes halogenated alkanes) is 1. The van der Waals surface area contributed by atoms with E-state index in [1.54, 1.807) is 0 Å². The Bertz CT molecular complexity index is 697. The van der Waals surface area contributed by atoms with E-state index in [2.05, 4.69) is 43.8 Å². The molecule has 0 aliphatic heterocycles. The fraction of sp³-hybridized carbons (Fsp3) is 0.550. The number of carbonyl (C=O) groups is 1. The number of aryl methyl sites for hydroxylation is 3. The first kappa shape index (κ1) is 15.3. The van der Waals surface area contributed by atoms with E-state index in [0.29, 0.717) is 6.42 Å². The summed E-state index contributed by atoms with van der Waals surface area (Å²) >= 11 is 0. The molecule has 0 unspecified atom stereocenters. The van der Waals surface area contributed by atoms with Crippen LogP contribution in [-0.2, 0) is 30.1 Å². The van der Waals surface area contributed by atoms with E-state index in [-0.39, 0.29) is 5.41 Å². The molecule has 1 atom stereocenters. The number of benzene rings is 1. The van der Waals surface area contributed by atoms with Gasteiger partial charge < -0.3 is 9.36 Å². The smallest absolute Gasteiger partial charge is 0.120 e. The first-order chi connectivity index (χ1) is 10.6. The molecule has 0 amide bonds. The number of carbonyl (C=O) groups excluding carboxylic acids is 1. The lowest BCUT2D eigenvalue weighted by molar-refractivity contribution is -0.108. The van der Waals surface area contributed by atoms with Gasteiger partial charge in [-0.2, -0.15) is 0 Å². The summed E-state index contributed by atoms with van der Waals surface area (Å²) in [6.07, 6.45) is 11.1. The summed E-state index contributed by atoms with van der Waals surface area (Å²) < 4.78 is 2.30. The van der Waals surface area contributed by atoms with Crippen LogP contribution in [0.25, 0.3) is 10.9 Å². The topological polar surface area (TPSA) is 22.0 Å². The van der Waals surface area contributed by atoms with Crippen LogP contribution in [0, 0.1) is 0 Å². The quantitative estimate of drug-likeness (QED) is 0.708. The van der Waals surface area contributed by atoms with Crippen LogP contribution in [0.5, 0.6) is 0 Å². The summed E-state index contributed by atoms with van der Waals surface area (Å²) in [7, 11) is 2.16. The monoisotopic (exact) mass is 297 g/mol. The zero-order valence-electron chi connectivity index (χ0n) is 14.1. The van der Waals surface area contributed by atoms with Gasteiger partial charge in [-0.25, -0.2) is 0 Å². The van der Waals surface area contributed by atoms with Gasteiger partial charge in [-0.1, -0.05) is 38.8 Å². The summed E-state index contributed by atoms with van der Waals surface area (Å²) in [6.45, 7) is 4.48. The second kappa shape index (κ2) is 5.91. The van der Waals surface area contributed by atoms with Gasteiger partial charge in [0.1, 0.15) is 6.29 Å². The fourth-order valence-electron chi connectivity index (χ4n) is 4.17. The minimum absolute atomic E-state index is 0.0376. The molecular weight excluding hydrogens is 270 g/mol. The van der Waals surface area contributed by atoms with Crippen LogP contribution < -0.4 is 0 Å². The summed E-state index contributed by atoms with van der Waals surface area (Å²) in [5.74, 6) is 0. The van der Waals surface area contributed by atoms with E-state index < -0.39 is 0 Å². The van der Waals surface area contributed by atoms with Crippen molar-refractivity contribution in [1.82, 2.24) is 4.57 Å². The van der Waals surface area contributed by atoms with E-state index in [9.17, 15) is 4.79 Å². The SMILES string of the molecule is CCCC[C@@](C)(CC=O)c1cn(C)c2c3c(ccc12)CCC3. The van der Waals surface area contributed by atoms with Gasteiger partial charge in [-0.15, -0.1) is 0 Å². The molecule has 2 heteroatoms. The van der Waals surface area contributed by atoms with Crippen LogP contribution in [0.3, 0.4) is 0 Å². The molecule has 2 aromatic rings. The molecule has 2 nitrogen and oxygen atoms in total. The summed E-state index contributed by atoms with van der Waals surface area (Å²) in [5.41, 5.74) is 5.78. The Morgan fingerprint density at radius 3 is 2.86 bits per heavy atom. The molecule has 1 heterocycles. The summed E-state index contributed by atoms with van der Waals surface area (Å²) in [6, 6.07) is 4.61. The third-order valence-electron chi connectivity index (χ3n) is 5.48. The van der Waals surface area contributed by atoms with E-state index in [0.717, 1.165) is 12.7 Å². The van der Waals surface area contributed by atoms with Gasteiger partial charge in [0.15, 0.2) is 0 Å². The van der Waals surface area contributed by atoms with Gasteiger partial charge in [-0.3, -0.25) is 0 Å². The van der Waals surface area contributed by atoms with E-state index in [1.807, 2.05) is 0 Å². The second-order valence-corrected chi connectivity index (χ2v) is 7.14. The highest BCUT2D eigenvalue weighted by atomic mass is 16.1. The molecule has 0 radical (unpaired) electrons. The van der Waals surface area contributed by atoms with Crippen LogP contribution in [-0.4, -0.2) is 10.9 Å². The number of hydrogen-bond acceptors (Lipinski definition) is 1. The summed E-state index contributed by atoms with van der Waals surface area (Å²) in [4.78, 5) is 11.3. The molecule has 0 saturated heterocycles. The maximum absolute atomic E-state index is 11.3. The molecule has 0 spiro atoms. The normalized spacial score (nSPS) is 16.7. The van der Waals surface area contributed by atoms with Crippen LogP contribution >= 0.6 is 0 Å². The molecule has 118 valence electrons. The van der Waals surface area contributed by atoms with Crippen molar-refractivity contribution >= 4 is 17.2 Å². The van der Waals surface area contributed by atoms with Crippen molar-refractivity contribution in [3.8, 4) is 0 Å². The number of nitrogens with zero attached hydrogens (tertiary/aromatic N) is 1. The van der Waals surface area contributed by atoms with Crippen LogP contribution in [0.2, 0.25) is 0 Å². The first-order valence-corrected chi connectivity index (χ1v) is 8.64. The van der Waals surface area contributed by atoms with Gasteiger partial charge in [-0.05, 0) is 42.4 Å². The van der Waals surface area contributed by atoms with Crippen molar-refractivity contribution in [2.75, 3.05) is 0 Å². The molecule has 0 bridgehead atoms. The van der Waals surface area contributed by atoms with Gasteiger partial charge in [0.25, 0.3) is 0 Å². The number of aromatic nitrogens is 1. The number of hydrogen-bond donors (Lipinski definition) is 0. The van der Waals surface area contributed by atoms with Gasteiger partial charge in [0.05, 0.1) is 5.52 Å². The Labute approximate surface area is 133 Å². The van der Waals surface area contributed by atoms with Crippen molar-refractivity contribution in [3.63, 3.8) is 0 Å². The zero-order chi connectivity index (χ0) is 15.7. The fourth-order valence-corrected chi connectivity index (χ4v) is 4.17. The van der Waals surface area contributed by atoms with Crippen LogP contribution in [0.1, 0.15) is 62.6 Å². The molecule has 0 fully saturated rings. The molecule has 0 N–H and O–H groups in total. The lowest BCUT2D eigenvalue weighted by Crippen LogP contribution is -2.22. The number of aldehydes is 1. The predicted molar refractivity (Wildman–Crippen MR) is 92.5 cm³/mol. The highest BCUT2D eigenvalue weighted by Gasteiger charge is 2.30. The third kappa shape index (κ3) is 2.39. The first-order valence-electron chi connectivity index (χ1n) is 8.64. The van der Waals surface area contributed by atoms with Gasteiger partial charge in [0, 0.05) is 30.5 Å². The average molecular weight is 297 g/mol. The Morgan fingerprint density at radius 2 is 2.14 bits per heavy atom. The molecule has 1 aliphatic rings. The molecule has 1 aliphatic carbocycles. The Balaban J connectivity index is 2.16. The highest BCUT2D eigenvalue weighted by molar-refractivity contribution is 5.89. The Morgan fingerprint density at radius 1 is 1.32 bits per heavy atom. The Hall–Kier alpha value is -1.57. The lowest BCUT2D eigenvalue weighted by Gasteiger charge is -2.27. The minimum atomic E-state index is -0.0376. The maximum Gasteiger partial charge on any atom is 0.120 e. The molecule has 1 aromatic heterocycles. The minimum Gasteiger partial charge on any atom is -0.350 e. The van der Waals surface area contributed by atoms with Crippen molar-refractivity contribution in [1.29, 1.82) is 0 Å². The number of fused-ring (bicyclic) bond motifs is 3. The zero-order valence-corrected chi connectivity index (χ0v) is 14.1. The maximum atomic E-state index is 11.3. The average Bonchev–Trinajstić information content (AvgIpc) is 3.09. The highest BCUT2D eigenvalue weighted by Crippen LogP contribution is 2.40. The molecule has 3 rings (SSSR count). The van der Waals surface area contributed by atoms with E-state index in [4.69, 9.17) is 0 Å². The van der Waals surface area contributed by atoms with Gasteiger partial charge >= 0.3 is 0 Å². The van der Waals surface area contributed by atoms with Gasteiger partial charge in [0.2, 0.25) is 0 Å². The molecule has 22 heavy (non-hydrogen) atoms. The summed E-state index contributed by atoms with van der Waals surface area (Å²) in [5, 5.41) is 1.36. The third-order valence-corrected chi connectivity index (χ3v) is 5.48. The lowest BCUT2D eigenvalue weighted by atomic mass is 9.75. The largest absolute Gasteiger partial charge is 0.350 e. The molecule has 1 aromatic carbocycles. The van der Waals surface area contributed by atoms with Crippen molar-refractivity contribution in [3.05, 3.63) is 35.0 Å². The standard InChI is InChI=1S/C20H27NO/c1-4-5-11-20(2,12-13-22)18-14-21(3)19-16-8-6-7-15(16)9-10-17(18)19/h9-10,13-14H,4-8,11-12H2,1-3H3/t20-/m0/s1. The molecule has 0 saturated carbocycles. The Kier molecular flexibility index (Phi) is 4.12. The van der Waals surface area contributed by atoms with E-state index >= 15 is 0 Å². The van der Waals surface area contributed by atoms with Crippen LogP contribution in [0.4, 0.5) is 0 Å².